The fraction of sp³-hybridized carbons (Fsp3) is 0.857. The molecule has 0 aromatic heterocycles. The van der Waals surface area contributed by atoms with Gasteiger partial charge in [0.2, 0.25) is 0 Å². The molecule has 0 aliphatic heterocycles. The van der Waals surface area contributed by atoms with Crippen LogP contribution in [0.1, 0.15) is 66.7 Å². The van der Waals surface area contributed by atoms with Crippen LogP contribution in [0.2, 0.25) is 0 Å². The van der Waals surface area contributed by atoms with Crippen molar-refractivity contribution in [1.82, 2.24) is 5.32 Å². The van der Waals surface area contributed by atoms with Crippen molar-refractivity contribution in [3.8, 4) is 0 Å². The SMILES string of the molecule is CCCC(CC=O)(CCC)NC(=O)OC(C)(C)C. The van der Waals surface area contributed by atoms with Crippen molar-refractivity contribution in [1.29, 1.82) is 0 Å². The van der Waals surface area contributed by atoms with Crippen molar-refractivity contribution in [3.05, 3.63) is 0 Å². The number of ether oxygens (including phenoxy) is 1. The molecule has 1 amide bonds. The number of alkyl carbamates (subject to hydrolysis) is 1. The molecule has 0 heterocycles. The standard InChI is InChI=1S/C14H27NO3/c1-6-8-14(9-7-2,10-11-16)15-12(17)18-13(3,4)5/h11H,6-10H2,1-5H3,(H,15,17). The summed E-state index contributed by atoms with van der Waals surface area (Å²) in [5, 5.41) is 2.90. The van der Waals surface area contributed by atoms with E-state index in [0.717, 1.165) is 32.0 Å². The van der Waals surface area contributed by atoms with Gasteiger partial charge < -0.3 is 14.8 Å². The number of rotatable bonds is 7. The average molecular weight is 257 g/mol. The van der Waals surface area contributed by atoms with Gasteiger partial charge in [-0.1, -0.05) is 26.7 Å². The lowest BCUT2D eigenvalue weighted by molar-refractivity contribution is -0.109. The number of aldehydes is 1. The fourth-order valence-corrected chi connectivity index (χ4v) is 2.14. The van der Waals surface area contributed by atoms with E-state index < -0.39 is 17.2 Å². The second kappa shape index (κ2) is 7.39. The predicted molar refractivity (Wildman–Crippen MR) is 72.6 cm³/mol. The van der Waals surface area contributed by atoms with Crippen LogP contribution in [-0.2, 0) is 9.53 Å². The van der Waals surface area contributed by atoms with E-state index in [-0.39, 0.29) is 0 Å². The van der Waals surface area contributed by atoms with Crippen LogP contribution >= 0.6 is 0 Å². The van der Waals surface area contributed by atoms with Crippen LogP contribution in [0.3, 0.4) is 0 Å². The molecule has 106 valence electrons. The fourth-order valence-electron chi connectivity index (χ4n) is 2.14. The Balaban J connectivity index is 4.74. The van der Waals surface area contributed by atoms with E-state index in [4.69, 9.17) is 4.74 Å². The maximum Gasteiger partial charge on any atom is 0.408 e. The molecule has 18 heavy (non-hydrogen) atoms. The van der Waals surface area contributed by atoms with Crippen LogP contribution < -0.4 is 5.32 Å². The van der Waals surface area contributed by atoms with Gasteiger partial charge in [0.05, 0.1) is 0 Å². The molecule has 1 N–H and O–H groups in total. The monoisotopic (exact) mass is 257 g/mol. The molecule has 0 aliphatic carbocycles. The van der Waals surface area contributed by atoms with Crippen molar-refractivity contribution in [3.63, 3.8) is 0 Å². The van der Waals surface area contributed by atoms with Gasteiger partial charge in [-0.2, -0.15) is 0 Å². The van der Waals surface area contributed by atoms with Crippen molar-refractivity contribution >= 4 is 12.4 Å². The number of hydrogen-bond acceptors (Lipinski definition) is 3. The third-order valence-corrected chi connectivity index (χ3v) is 2.70. The molecule has 0 spiro atoms. The van der Waals surface area contributed by atoms with E-state index in [1.165, 1.54) is 0 Å². The third kappa shape index (κ3) is 6.62. The van der Waals surface area contributed by atoms with Gasteiger partial charge in [-0.3, -0.25) is 0 Å². The molecule has 4 heteroatoms. The van der Waals surface area contributed by atoms with Crippen molar-refractivity contribution in [2.24, 2.45) is 0 Å². The molecular formula is C14H27NO3. The summed E-state index contributed by atoms with van der Waals surface area (Å²) >= 11 is 0. The van der Waals surface area contributed by atoms with E-state index in [0.29, 0.717) is 6.42 Å². The molecule has 0 atom stereocenters. The zero-order chi connectivity index (χ0) is 14.2. The second-order valence-electron chi connectivity index (χ2n) is 5.78. The molecule has 0 unspecified atom stereocenters. The molecule has 0 radical (unpaired) electrons. The Bertz CT molecular complexity index is 263. The van der Waals surface area contributed by atoms with E-state index in [9.17, 15) is 9.59 Å². The number of nitrogens with one attached hydrogen (secondary N) is 1. The van der Waals surface area contributed by atoms with Crippen LogP contribution in [0.15, 0.2) is 0 Å². The lowest BCUT2D eigenvalue weighted by atomic mass is 9.86. The average Bonchev–Trinajstić information content (AvgIpc) is 2.15. The largest absolute Gasteiger partial charge is 0.444 e. The summed E-state index contributed by atoms with van der Waals surface area (Å²) < 4.78 is 5.27. The van der Waals surface area contributed by atoms with Crippen LogP contribution in [-0.4, -0.2) is 23.5 Å². The Morgan fingerprint density at radius 2 is 1.67 bits per heavy atom. The van der Waals surface area contributed by atoms with E-state index >= 15 is 0 Å². The normalized spacial score (nSPS) is 12.1. The molecule has 0 saturated carbocycles. The van der Waals surface area contributed by atoms with Crippen molar-refractivity contribution in [2.75, 3.05) is 0 Å². The molecule has 0 aromatic carbocycles. The van der Waals surface area contributed by atoms with Gasteiger partial charge >= 0.3 is 6.09 Å². The Morgan fingerprint density at radius 3 is 2.00 bits per heavy atom. The topological polar surface area (TPSA) is 55.4 Å². The van der Waals surface area contributed by atoms with Gasteiger partial charge in [0.1, 0.15) is 11.9 Å². The molecule has 4 nitrogen and oxygen atoms in total. The molecule has 0 saturated heterocycles. The van der Waals surface area contributed by atoms with Gasteiger partial charge in [-0.05, 0) is 33.6 Å². The van der Waals surface area contributed by atoms with Crippen molar-refractivity contribution < 1.29 is 14.3 Å². The highest BCUT2D eigenvalue weighted by molar-refractivity contribution is 5.69. The first-order valence-corrected chi connectivity index (χ1v) is 6.73. The summed E-state index contributed by atoms with van der Waals surface area (Å²) in [6.45, 7) is 9.58. The Labute approximate surface area is 110 Å². The van der Waals surface area contributed by atoms with Gasteiger partial charge in [-0.15, -0.1) is 0 Å². The first-order valence-electron chi connectivity index (χ1n) is 6.73. The summed E-state index contributed by atoms with van der Waals surface area (Å²) in [6, 6.07) is 0. The quantitative estimate of drug-likeness (QED) is 0.711. The molecule has 0 aliphatic rings. The van der Waals surface area contributed by atoms with Crippen LogP contribution in [0, 0.1) is 0 Å². The number of carbonyl (C=O) groups is 2. The molecule has 0 fully saturated rings. The smallest absolute Gasteiger partial charge is 0.408 e. The van der Waals surface area contributed by atoms with E-state index in [1.54, 1.807) is 0 Å². The Hall–Kier alpha value is -1.06. The zero-order valence-corrected chi connectivity index (χ0v) is 12.3. The highest BCUT2D eigenvalue weighted by Crippen LogP contribution is 2.23. The lowest BCUT2D eigenvalue weighted by Gasteiger charge is -2.34. The Kier molecular flexibility index (Phi) is 6.96. The third-order valence-electron chi connectivity index (χ3n) is 2.70. The van der Waals surface area contributed by atoms with E-state index in [1.807, 2.05) is 34.6 Å². The van der Waals surface area contributed by atoms with Gasteiger partial charge in [0.15, 0.2) is 0 Å². The maximum absolute atomic E-state index is 11.8. The summed E-state index contributed by atoms with van der Waals surface area (Å²) in [5.74, 6) is 0. The minimum absolute atomic E-state index is 0.341. The van der Waals surface area contributed by atoms with Crippen LogP contribution in [0.5, 0.6) is 0 Å². The Morgan fingerprint density at radius 1 is 1.17 bits per heavy atom. The molecule has 0 rings (SSSR count). The number of carbonyl (C=O) groups excluding carboxylic acids is 2. The van der Waals surface area contributed by atoms with E-state index in [2.05, 4.69) is 5.32 Å². The van der Waals surface area contributed by atoms with Gasteiger partial charge in [0.25, 0.3) is 0 Å². The van der Waals surface area contributed by atoms with Crippen LogP contribution in [0.25, 0.3) is 0 Å². The summed E-state index contributed by atoms with van der Waals surface area (Å²) in [4.78, 5) is 22.7. The first kappa shape index (κ1) is 16.9. The highest BCUT2D eigenvalue weighted by atomic mass is 16.6. The molecule has 0 bridgehead atoms. The first-order chi connectivity index (χ1) is 8.28. The summed E-state index contributed by atoms with van der Waals surface area (Å²) in [7, 11) is 0. The maximum atomic E-state index is 11.8. The van der Waals surface area contributed by atoms with Gasteiger partial charge in [-0.25, -0.2) is 4.79 Å². The second-order valence-corrected chi connectivity index (χ2v) is 5.78. The number of amides is 1. The summed E-state index contributed by atoms with van der Waals surface area (Å²) in [6.07, 6.45) is 4.20. The minimum Gasteiger partial charge on any atom is -0.444 e. The van der Waals surface area contributed by atoms with Crippen molar-refractivity contribution in [2.45, 2.75) is 77.9 Å². The van der Waals surface area contributed by atoms with Crippen LogP contribution in [0.4, 0.5) is 4.79 Å². The van der Waals surface area contributed by atoms with Gasteiger partial charge in [0, 0.05) is 12.0 Å². The lowest BCUT2D eigenvalue weighted by Crippen LogP contribution is -2.50. The highest BCUT2D eigenvalue weighted by Gasteiger charge is 2.31. The predicted octanol–water partition coefficient (Wildman–Crippen LogP) is 3.44. The molecule has 0 aromatic rings. The summed E-state index contributed by atoms with van der Waals surface area (Å²) in [5.41, 5.74) is -0.969. The zero-order valence-electron chi connectivity index (χ0n) is 12.3. The molecular weight excluding hydrogens is 230 g/mol. The minimum atomic E-state index is -0.518. The number of hydrogen-bond donors (Lipinski definition) is 1.